The highest BCUT2D eigenvalue weighted by atomic mass is 15.0. The van der Waals surface area contributed by atoms with Crippen molar-refractivity contribution in [3.63, 3.8) is 0 Å². The number of fused-ring (bicyclic) bond motifs is 6. The number of aromatic nitrogens is 6. The van der Waals surface area contributed by atoms with Gasteiger partial charge in [-0.2, -0.15) is 0 Å². The molecule has 0 spiro atoms. The second-order valence-electron chi connectivity index (χ2n) is 17.2. The molecule has 63 heavy (non-hydrogen) atoms. The molecule has 312 valence electrons. The van der Waals surface area contributed by atoms with Crippen molar-refractivity contribution < 1.29 is 0 Å². The summed E-state index contributed by atoms with van der Waals surface area (Å²) in [5.74, 6) is 0.721. The van der Waals surface area contributed by atoms with Gasteiger partial charge in [0.2, 0.25) is 0 Å². The predicted molar refractivity (Wildman–Crippen MR) is 261 cm³/mol. The summed E-state index contributed by atoms with van der Waals surface area (Å²) in [6.07, 6.45) is 4.10. The SMILES string of the molecule is CCC(CC)c1ccc2c(n1)c1nc(C(c3cccc(C)c3)(c3cccc(C)c3)c3ccc4c(n3)c3nc(C(CC)CC)ccc3n4-c3ccccc3)ccc1n2-c1ccccc1. The minimum absolute atomic E-state index is 0.361. The van der Waals surface area contributed by atoms with E-state index in [1.807, 2.05) is 0 Å². The maximum Gasteiger partial charge on any atom is 0.115 e. The Bertz CT molecular complexity index is 3040. The molecular weight excluding hydrogens is 769 g/mol. The van der Waals surface area contributed by atoms with Crippen LogP contribution in [-0.2, 0) is 5.41 Å². The molecule has 6 heteroatoms. The molecular formula is C57H54N6. The van der Waals surface area contributed by atoms with Crippen LogP contribution < -0.4 is 0 Å². The number of nitrogens with zero attached hydrogens (tertiary/aromatic N) is 6. The molecule has 10 rings (SSSR count). The van der Waals surface area contributed by atoms with Crippen LogP contribution in [0.4, 0.5) is 0 Å². The number of benzene rings is 4. The van der Waals surface area contributed by atoms with Crippen LogP contribution in [0.15, 0.2) is 158 Å². The number of rotatable bonds is 12. The quantitative estimate of drug-likeness (QED) is 0.123. The Morgan fingerprint density at radius 1 is 0.397 bits per heavy atom. The van der Waals surface area contributed by atoms with Gasteiger partial charge in [0.05, 0.1) is 33.5 Å². The summed E-state index contributed by atoms with van der Waals surface area (Å²) in [7, 11) is 0. The fourth-order valence-electron chi connectivity index (χ4n) is 10.2. The summed E-state index contributed by atoms with van der Waals surface area (Å²) in [5, 5.41) is 0. The van der Waals surface area contributed by atoms with Crippen LogP contribution >= 0.6 is 0 Å². The maximum atomic E-state index is 5.87. The van der Waals surface area contributed by atoms with E-state index in [0.29, 0.717) is 11.8 Å². The average molecular weight is 823 g/mol. The molecule has 6 heterocycles. The summed E-state index contributed by atoms with van der Waals surface area (Å²) >= 11 is 0. The van der Waals surface area contributed by atoms with E-state index >= 15 is 0 Å². The van der Waals surface area contributed by atoms with Gasteiger partial charge in [0.1, 0.15) is 27.5 Å². The lowest BCUT2D eigenvalue weighted by atomic mass is 9.68. The lowest BCUT2D eigenvalue weighted by molar-refractivity contribution is 0.626. The molecule has 0 aliphatic heterocycles. The summed E-state index contributed by atoms with van der Waals surface area (Å²) in [4.78, 5) is 22.7. The Balaban J connectivity index is 1.34. The molecule has 4 aromatic carbocycles. The second kappa shape index (κ2) is 16.4. The van der Waals surface area contributed by atoms with E-state index in [2.05, 4.69) is 208 Å². The zero-order valence-electron chi connectivity index (χ0n) is 37.2. The molecule has 0 amide bonds. The minimum atomic E-state index is -0.928. The number of aryl methyl sites for hydroxylation is 2. The van der Waals surface area contributed by atoms with Gasteiger partial charge in [-0.15, -0.1) is 0 Å². The molecule has 10 aromatic rings. The Labute approximate surface area is 370 Å². The minimum Gasteiger partial charge on any atom is -0.306 e. The lowest BCUT2D eigenvalue weighted by Crippen LogP contribution is -2.33. The predicted octanol–water partition coefficient (Wildman–Crippen LogP) is 14.3. The summed E-state index contributed by atoms with van der Waals surface area (Å²) < 4.78 is 4.63. The molecule has 0 N–H and O–H groups in total. The third-order valence-corrected chi connectivity index (χ3v) is 13.5. The van der Waals surface area contributed by atoms with Crippen LogP contribution in [0.1, 0.15) is 110 Å². The van der Waals surface area contributed by atoms with Crippen molar-refractivity contribution >= 4 is 44.1 Å². The van der Waals surface area contributed by atoms with Gasteiger partial charge in [-0.25, -0.2) is 19.9 Å². The zero-order valence-corrected chi connectivity index (χ0v) is 37.2. The second-order valence-corrected chi connectivity index (χ2v) is 17.2. The van der Waals surface area contributed by atoms with E-state index in [4.69, 9.17) is 19.9 Å². The van der Waals surface area contributed by atoms with E-state index in [1.54, 1.807) is 0 Å². The third-order valence-electron chi connectivity index (χ3n) is 13.5. The van der Waals surface area contributed by atoms with Crippen molar-refractivity contribution in [3.8, 4) is 11.4 Å². The first-order chi connectivity index (χ1) is 30.9. The largest absolute Gasteiger partial charge is 0.306 e. The van der Waals surface area contributed by atoms with E-state index in [9.17, 15) is 0 Å². The fourth-order valence-corrected chi connectivity index (χ4v) is 10.2. The first kappa shape index (κ1) is 40.2. The van der Waals surface area contributed by atoms with Crippen LogP contribution in [-0.4, -0.2) is 29.1 Å². The molecule has 0 bridgehead atoms. The van der Waals surface area contributed by atoms with Crippen molar-refractivity contribution in [2.45, 2.75) is 84.5 Å². The van der Waals surface area contributed by atoms with Gasteiger partial charge in [-0.1, -0.05) is 124 Å². The van der Waals surface area contributed by atoms with Gasteiger partial charge in [0.25, 0.3) is 0 Å². The first-order valence-electron chi connectivity index (χ1n) is 22.8. The normalized spacial score (nSPS) is 12.2. The molecule has 0 unspecified atom stereocenters. The van der Waals surface area contributed by atoms with E-state index in [1.165, 1.54) is 11.1 Å². The highest BCUT2D eigenvalue weighted by molar-refractivity contribution is 6.06. The van der Waals surface area contributed by atoms with Gasteiger partial charge < -0.3 is 9.13 Å². The van der Waals surface area contributed by atoms with E-state index in [-0.39, 0.29) is 0 Å². The van der Waals surface area contributed by atoms with Crippen molar-refractivity contribution in [1.29, 1.82) is 0 Å². The standard InChI is InChI=1S/C57H54N6/c1-7-39(8-2)45-27-29-47-53(58-45)55-49(62(47)43-23-13-11-14-24-43)31-33-51(60-55)57(41-21-17-19-37(5)35-41,42-22-18-20-38(6)36-42)52-34-32-50-56(61-52)54-48(63(50)44-25-15-12-16-26-44)30-28-46(59-54)40(9-3)10-4/h11-36,39-40H,7-10H2,1-6H3. The number of hydrogen-bond acceptors (Lipinski definition) is 4. The van der Waals surface area contributed by atoms with Crippen molar-refractivity contribution in [2.75, 3.05) is 0 Å². The molecule has 0 radical (unpaired) electrons. The van der Waals surface area contributed by atoms with Gasteiger partial charge in [0.15, 0.2) is 0 Å². The number of hydrogen-bond donors (Lipinski definition) is 0. The smallest absolute Gasteiger partial charge is 0.115 e. The van der Waals surface area contributed by atoms with E-state index in [0.717, 1.165) is 115 Å². The summed E-state index contributed by atoms with van der Waals surface area (Å²) in [6.45, 7) is 13.4. The van der Waals surface area contributed by atoms with E-state index < -0.39 is 5.41 Å². The topological polar surface area (TPSA) is 61.4 Å². The highest BCUT2D eigenvalue weighted by Crippen LogP contribution is 2.47. The van der Waals surface area contributed by atoms with Crippen LogP contribution in [0.25, 0.3) is 55.5 Å². The zero-order chi connectivity index (χ0) is 43.2. The van der Waals surface area contributed by atoms with Crippen molar-refractivity contribution in [3.05, 3.63) is 203 Å². The third kappa shape index (κ3) is 6.62. The van der Waals surface area contributed by atoms with Gasteiger partial charge in [0, 0.05) is 34.6 Å². The van der Waals surface area contributed by atoms with Crippen LogP contribution in [0.3, 0.4) is 0 Å². The van der Waals surface area contributed by atoms with Gasteiger partial charge >= 0.3 is 0 Å². The van der Waals surface area contributed by atoms with Crippen molar-refractivity contribution in [1.82, 2.24) is 29.1 Å². The van der Waals surface area contributed by atoms with Gasteiger partial charge in [-0.05, 0) is 123 Å². The van der Waals surface area contributed by atoms with Crippen LogP contribution in [0, 0.1) is 13.8 Å². The molecule has 0 atom stereocenters. The maximum absolute atomic E-state index is 5.87. The fraction of sp³-hybridized carbons (Fsp3) is 0.228. The molecule has 0 saturated carbocycles. The monoisotopic (exact) mass is 822 g/mol. The Hall–Kier alpha value is -6.92. The Morgan fingerprint density at radius 2 is 0.762 bits per heavy atom. The molecule has 0 aliphatic rings. The molecule has 0 fully saturated rings. The summed E-state index contributed by atoms with van der Waals surface area (Å²) in [5.41, 5.74) is 17.4. The van der Waals surface area contributed by atoms with Crippen molar-refractivity contribution in [2.24, 2.45) is 0 Å². The molecule has 6 nitrogen and oxygen atoms in total. The number of para-hydroxylation sites is 2. The van der Waals surface area contributed by atoms with Gasteiger partial charge in [-0.3, -0.25) is 0 Å². The molecule has 0 saturated heterocycles. The average Bonchev–Trinajstić information content (AvgIpc) is 3.82. The Kier molecular flexibility index (Phi) is 10.5. The molecule has 0 aliphatic carbocycles. The molecule has 6 aromatic heterocycles. The first-order valence-corrected chi connectivity index (χ1v) is 22.8. The lowest BCUT2D eigenvalue weighted by Gasteiger charge is -2.35. The summed E-state index contributed by atoms with van der Waals surface area (Å²) in [6, 6.07) is 56.9. The highest BCUT2D eigenvalue weighted by Gasteiger charge is 2.42. The Morgan fingerprint density at radius 3 is 1.13 bits per heavy atom. The van der Waals surface area contributed by atoms with Crippen LogP contribution in [0.2, 0.25) is 0 Å². The number of pyridine rings is 4. The van der Waals surface area contributed by atoms with Crippen LogP contribution in [0.5, 0.6) is 0 Å².